The maximum atomic E-state index is 13.2. The van der Waals surface area contributed by atoms with E-state index in [2.05, 4.69) is 20.6 Å². The highest BCUT2D eigenvalue weighted by Crippen LogP contribution is 2.24. The number of rotatable bonds is 11. The van der Waals surface area contributed by atoms with Crippen LogP contribution in [0.15, 0.2) is 72.9 Å². The molecule has 8 nitrogen and oxygen atoms in total. The number of aryl methyl sites for hydroxylation is 1. The van der Waals surface area contributed by atoms with E-state index < -0.39 is 0 Å². The molecule has 2 aromatic heterocycles. The Balaban J connectivity index is 0.000000226. The molecule has 2 amide bonds. The van der Waals surface area contributed by atoms with E-state index in [1.165, 1.54) is 62.6 Å². The fourth-order valence-electron chi connectivity index (χ4n) is 5.24. The Bertz CT molecular complexity index is 1740. The third-order valence-electron chi connectivity index (χ3n) is 7.96. The fraction of sp³-hybridized carbons (Fsp3) is 0.385. The minimum absolute atomic E-state index is 0.0242. The first-order chi connectivity index (χ1) is 23.9. The van der Waals surface area contributed by atoms with Gasteiger partial charge in [-0.3, -0.25) is 9.59 Å². The summed E-state index contributed by atoms with van der Waals surface area (Å²) in [7, 11) is 0. The molecule has 11 heteroatoms. The number of aromatic nitrogens is 2. The zero-order valence-corrected chi connectivity index (χ0v) is 29.8. The van der Waals surface area contributed by atoms with Crippen LogP contribution in [0.1, 0.15) is 90.3 Å². The van der Waals surface area contributed by atoms with E-state index in [-0.39, 0.29) is 53.1 Å². The number of hydrogen-bond acceptors (Lipinski definition) is 6. The average molecular weight is 707 g/mol. The van der Waals surface area contributed by atoms with Crippen molar-refractivity contribution in [2.75, 3.05) is 13.1 Å². The molecule has 2 N–H and O–H groups in total. The van der Waals surface area contributed by atoms with Crippen molar-refractivity contribution in [2.45, 2.75) is 73.0 Å². The highest BCUT2D eigenvalue weighted by Gasteiger charge is 2.18. The Morgan fingerprint density at radius 2 is 1.50 bits per heavy atom. The van der Waals surface area contributed by atoms with E-state index in [0.29, 0.717) is 35.0 Å². The molecule has 0 saturated heterocycles. The predicted octanol–water partition coefficient (Wildman–Crippen LogP) is 8.65. The van der Waals surface area contributed by atoms with E-state index in [9.17, 15) is 18.4 Å². The molecule has 2 heterocycles. The van der Waals surface area contributed by atoms with Gasteiger partial charge in [0.2, 0.25) is 11.8 Å². The van der Waals surface area contributed by atoms with Crippen LogP contribution < -0.4 is 20.1 Å². The van der Waals surface area contributed by atoms with Crippen LogP contribution in [0.3, 0.4) is 0 Å². The van der Waals surface area contributed by atoms with Crippen molar-refractivity contribution in [1.82, 2.24) is 20.6 Å². The summed E-state index contributed by atoms with van der Waals surface area (Å²) < 4.78 is 37.5. The van der Waals surface area contributed by atoms with Crippen LogP contribution in [0.5, 0.6) is 11.8 Å². The normalized spacial score (nSPS) is 13.1. The van der Waals surface area contributed by atoms with Crippen molar-refractivity contribution >= 4 is 23.4 Å². The first-order valence-corrected chi connectivity index (χ1v) is 17.2. The van der Waals surface area contributed by atoms with Crippen molar-refractivity contribution in [3.63, 3.8) is 0 Å². The summed E-state index contributed by atoms with van der Waals surface area (Å²) in [6.07, 6.45) is 7.76. The Morgan fingerprint density at radius 1 is 0.860 bits per heavy atom. The van der Waals surface area contributed by atoms with Crippen molar-refractivity contribution < 1.29 is 27.8 Å². The van der Waals surface area contributed by atoms with E-state index in [4.69, 9.17) is 21.1 Å². The molecule has 2 aromatic carbocycles. The van der Waals surface area contributed by atoms with Crippen LogP contribution in [0.2, 0.25) is 5.15 Å². The third kappa shape index (κ3) is 12.7. The predicted molar refractivity (Wildman–Crippen MR) is 190 cm³/mol. The molecular formula is C39H45ClF2N4O4. The first kappa shape index (κ1) is 38.2. The minimum Gasteiger partial charge on any atom is -0.473 e. The fourth-order valence-corrected chi connectivity index (χ4v) is 5.47. The van der Waals surface area contributed by atoms with Crippen LogP contribution in [0, 0.1) is 29.9 Å². The Hall–Kier alpha value is -4.57. The molecule has 0 radical (unpaired) electrons. The first-order valence-electron chi connectivity index (χ1n) is 16.8. The Kier molecular flexibility index (Phi) is 14.1. The average Bonchev–Trinajstić information content (AvgIpc) is 3.08. The molecule has 0 bridgehead atoms. The second kappa shape index (κ2) is 18.4. The Morgan fingerprint density at radius 3 is 2.08 bits per heavy atom. The van der Waals surface area contributed by atoms with Gasteiger partial charge in [-0.1, -0.05) is 75.9 Å². The summed E-state index contributed by atoms with van der Waals surface area (Å²) in [5, 5.41) is 5.90. The zero-order valence-electron chi connectivity index (χ0n) is 29.0. The maximum Gasteiger partial charge on any atom is 0.254 e. The number of nitrogens with one attached hydrogen (secondary N) is 2. The largest absolute Gasteiger partial charge is 0.473 e. The second-order valence-corrected chi connectivity index (χ2v) is 14.0. The summed E-state index contributed by atoms with van der Waals surface area (Å²) in [5.74, 6) is 0.334. The van der Waals surface area contributed by atoms with Gasteiger partial charge in [-0.05, 0) is 78.6 Å². The van der Waals surface area contributed by atoms with E-state index >= 15 is 0 Å². The van der Waals surface area contributed by atoms with Gasteiger partial charge in [0.15, 0.2) is 0 Å². The topological polar surface area (TPSA) is 102 Å². The molecule has 50 heavy (non-hydrogen) atoms. The smallest absolute Gasteiger partial charge is 0.254 e. The van der Waals surface area contributed by atoms with Gasteiger partial charge in [-0.15, -0.1) is 0 Å². The lowest BCUT2D eigenvalue weighted by molar-refractivity contribution is 0.0933. The molecule has 4 aromatic rings. The summed E-state index contributed by atoms with van der Waals surface area (Å²) in [5.41, 5.74) is 3.01. The molecule has 266 valence electrons. The number of carbonyl (C=O) groups is 2. The van der Waals surface area contributed by atoms with Crippen molar-refractivity contribution in [2.24, 2.45) is 11.3 Å². The van der Waals surface area contributed by atoms with Gasteiger partial charge in [-0.2, -0.15) is 0 Å². The lowest BCUT2D eigenvalue weighted by Gasteiger charge is -2.21. The van der Waals surface area contributed by atoms with Crippen molar-refractivity contribution in [1.29, 1.82) is 0 Å². The molecule has 1 aliphatic carbocycles. The summed E-state index contributed by atoms with van der Waals surface area (Å²) >= 11 is 6.07. The number of carbonyl (C=O) groups excluding carboxylic acids is 2. The molecule has 1 fully saturated rings. The molecule has 5 rings (SSSR count). The Labute approximate surface area is 298 Å². The van der Waals surface area contributed by atoms with Crippen molar-refractivity contribution in [3.05, 3.63) is 118 Å². The summed E-state index contributed by atoms with van der Waals surface area (Å²) in [6.45, 7) is 9.58. The number of benzene rings is 2. The number of pyridine rings is 2. The molecule has 1 aliphatic rings. The van der Waals surface area contributed by atoms with Crippen LogP contribution >= 0.6 is 11.6 Å². The van der Waals surface area contributed by atoms with Crippen LogP contribution in [-0.4, -0.2) is 34.9 Å². The van der Waals surface area contributed by atoms with Crippen LogP contribution in [0.25, 0.3) is 0 Å². The van der Waals surface area contributed by atoms with Gasteiger partial charge in [0.25, 0.3) is 11.8 Å². The standard InChI is InChI=1S/C21H25FN2O2.C18H20ClFN2O2/c1-15-10-18(20(25)23-12-16-6-3-2-4-7-16)13-24-21(15)26-14-17-8-5-9-19(22)11-17;1-18(2,3)11-21-17(23)14-7-8-15(22-16(14)19)24-10-12-5-4-6-13(20)9-12/h5,8-11,13,16H,2-4,6-7,12,14H2,1H3,(H,23,25);4-9H,10-11H2,1-3H3,(H,21,23). The molecular weight excluding hydrogens is 662 g/mol. The third-order valence-corrected chi connectivity index (χ3v) is 8.24. The molecule has 0 unspecified atom stereocenters. The lowest BCUT2D eigenvalue weighted by atomic mass is 9.89. The van der Waals surface area contributed by atoms with Crippen LogP contribution in [-0.2, 0) is 13.2 Å². The number of nitrogens with zero attached hydrogens (tertiary/aromatic N) is 2. The second-order valence-electron chi connectivity index (χ2n) is 13.6. The number of halogens is 3. The van der Waals surface area contributed by atoms with Gasteiger partial charge >= 0.3 is 0 Å². The SMILES string of the molecule is CC(C)(C)CNC(=O)c1ccc(OCc2cccc(F)c2)nc1Cl.Cc1cc(C(=O)NCC2CCCCC2)cnc1OCc1cccc(F)c1. The number of hydrogen-bond donors (Lipinski definition) is 2. The molecule has 0 spiro atoms. The number of amides is 2. The molecule has 0 aliphatic heterocycles. The monoisotopic (exact) mass is 706 g/mol. The molecule has 1 saturated carbocycles. The molecule has 0 atom stereocenters. The van der Waals surface area contributed by atoms with Gasteiger partial charge < -0.3 is 20.1 Å². The van der Waals surface area contributed by atoms with Crippen LogP contribution in [0.4, 0.5) is 8.78 Å². The summed E-state index contributed by atoms with van der Waals surface area (Å²) in [4.78, 5) is 32.8. The van der Waals surface area contributed by atoms with E-state index in [0.717, 1.165) is 17.7 Å². The quantitative estimate of drug-likeness (QED) is 0.151. The number of ether oxygens (including phenoxy) is 2. The van der Waals surface area contributed by atoms with E-state index in [1.807, 2.05) is 27.7 Å². The van der Waals surface area contributed by atoms with E-state index in [1.54, 1.807) is 42.5 Å². The minimum atomic E-state index is -0.326. The van der Waals surface area contributed by atoms with Gasteiger partial charge in [0.05, 0.1) is 11.1 Å². The van der Waals surface area contributed by atoms with Gasteiger partial charge in [0, 0.05) is 30.9 Å². The maximum absolute atomic E-state index is 13.2. The van der Waals surface area contributed by atoms with Crippen molar-refractivity contribution in [3.8, 4) is 11.8 Å². The van der Waals surface area contributed by atoms with Gasteiger partial charge in [-0.25, -0.2) is 18.7 Å². The summed E-state index contributed by atoms with van der Waals surface area (Å²) in [6, 6.07) is 17.3. The highest BCUT2D eigenvalue weighted by molar-refractivity contribution is 6.32. The lowest BCUT2D eigenvalue weighted by Crippen LogP contribution is -2.32. The van der Waals surface area contributed by atoms with Gasteiger partial charge in [0.1, 0.15) is 30.0 Å². The highest BCUT2D eigenvalue weighted by atomic mass is 35.5. The zero-order chi connectivity index (χ0) is 36.1.